The summed E-state index contributed by atoms with van der Waals surface area (Å²) in [5, 5.41) is 12.2. The van der Waals surface area contributed by atoms with E-state index < -0.39 is 4.92 Å². The number of nitro benzene ring substituents is 1. The van der Waals surface area contributed by atoms with Gasteiger partial charge in [0.1, 0.15) is 6.61 Å². The predicted octanol–water partition coefficient (Wildman–Crippen LogP) is 7.29. The molecule has 1 amide bonds. The topological polar surface area (TPSA) is 81.9 Å². The van der Waals surface area contributed by atoms with Gasteiger partial charge < -0.3 is 9.47 Å². The van der Waals surface area contributed by atoms with Crippen molar-refractivity contribution in [2.75, 3.05) is 11.5 Å². The van der Waals surface area contributed by atoms with Crippen molar-refractivity contribution in [3.05, 3.63) is 96.9 Å². The van der Waals surface area contributed by atoms with E-state index in [-0.39, 0.29) is 22.5 Å². The highest BCUT2D eigenvalue weighted by atomic mass is 35.5. The number of rotatable bonds is 8. The van der Waals surface area contributed by atoms with Crippen LogP contribution < -0.4 is 14.4 Å². The van der Waals surface area contributed by atoms with Gasteiger partial charge in [0.15, 0.2) is 15.8 Å². The highest BCUT2D eigenvalue weighted by Gasteiger charge is 2.34. The number of hydrogen-bond acceptors (Lipinski definition) is 7. The monoisotopic (exact) mass is 560 g/mol. The van der Waals surface area contributed by atoms with E-state index in [2.05, 4.69) is 0 Å². The third kappa shape index (κ3) is 5.82. The third-order valence-corrected chi connectivity index (χ3v) is 6.95. The molecule has 1 fully saturated rings. The second kappa shape index (κ2) is 11.3. The first-order valence-electron chi connectivity index (χ1n) is 10.6. The van der Waals surface area contributed by atoms with Gasteiger partial charge in [-0.05, 0) is 48.9 Å². The van der Waals surface area contributed by atoms with Crippen molar-refractivity contribution in [2.45, 2.75) is 13.5 Å². The quantitative estimate of drug-likeness (QED) is 0.124. The molecule has 7 nitrogen and oxygen atoms in total. The van der Waals surface area contributed by atoms with Crippen LogP contribution in [0.3, 0.4) is 0 Å². The zero-order chi connectivity index (χ0) is 25.8. The van der Waals surface area contributed by atoms with Crippen LogP contribution in [-0.4, -0.2) is 21.8 Å². The van der Waals surface area contributed by atoms with Crippen molar-refractivity contribution >= 4 is 74.9 Å². The van der Waals surface area contributed by atoms with Crippen LogP contribution in [0.5, 0.6) is 11.5 Å². The average molecular weight is 561 g/mol. The smallest absolute Gasteiger partial charge is 0.271 e. The first-order valence-corrected chi connectivity index (χ1v) is 12.6. The van der Waals surface area contributed by atoms with E-state index in [4.69, 9.17) is 44.9 Å². The highest BCUT2D eigenvalue weighted by Crippen LogP contribution is 2.38. The van der Waals surface area contributed by atoms with Crippen molar-refractivity contribution in [2.24, 2.45) is 0 Å². The van der Waals surface area contributed by atoms with Crippen LogP contribution in [0.15, 0.2) is 65.6 Å². The van der Waals surface area contributed by atoms with E-state index in [1.165, 1.54) is 23.1 Å². The number of benzene rings is 3. The molecule has 0 atom stereocenters. The molecule has 1 saturated heterocycles. The lowest BCUT2D eigenvalue weighted by Gasteiger charge is -2.14. The Hall–Kier alpha value is -3.11. The molecule has 11 heteroatoms. The molecule has 1 heterocycles. The number of carbonyl (C=O) groups is 1. The lowest BCUT2D eigenvalue weighted by Crippen LogP contribution is -2.27. The summed E-state index contributed by atoms with van der Waals surface area (Å²) < 4.78 is 12.0. The van der Waals surface area contributed by atoms with Gasteiger partial charge in [0, 0.05) is 27.7 Å². The van der Waals surface area contributed by atoms with Crippen molar-refractivity contribution < 1.29 is 19.2 Å². The fourth-order valence-corrected chi connectivity index (χ4v) is 5.15. The Labute approximate surface area is 226 Å². The fourth-order valence-electron chi connectivity index (χ4n) is 3.38. The molecule has 4 rings (SSSR count). The van der Waals surface area contributed by atoms with E-state index >= 15 is 0 Å². The summed E-state index contributed by atoms with van der Waals surface area (Å²) in [4.78, 5) is 25.4. The van der Waals surface area contributed by atoms with Gasteiger partial charge in [-0.25, -0.2) is 0 Å². The lowest BCUT2D eigenvalue weighted by atomic mass is 10.1. The number of amides is 1. The highest BCUT2D eigenvalue weighted by molar-refractivity contribution is 8.27. The van der Waals surface area contributed by atoms with Crippen LogP contribution in [0.4, 0.5) is 11.4 Å². The Morgan fingerprint density at radius 2 is 1.89 bits per heavy atom. The maximum absolute atomic E-state index is 13.1. The number of carbonyl (C=O) groups excluding carboxylic acids is 1. The van der Waals surface area contributed by atoms with Crippen LogP contribution in [0.2, 0.25) is 10.0 Å². The van der Waals surface area contributed by atoms with E-state index in [0.717, 1.165) is 17.3 Å². The Morgan fingerprint density at radius 1 is 1.08 bits per heavy atom. The van der Waals surface area contributed by atoms with Crippen LogP contribution in [-0.2, 0) is 11.4 Å². The van der Waals surface area contributed by atoms with E-state index in [1.54, 1.807) is 48.5 Å². The second-order valence-corrected chi connectivity index (χ2v) is 9.98. The van der Waals surface area contributed by atoms with E-state index in [0.29, 0.717) is 44.3 Å². The summed E-state index contributed by atoms with van der Waals surface area (Å²) in [5.74, 6) is 0.663. The lowest BCUT2D eigenvalue weighted by molar-refractivity contribution is -0.384. The minimum absolute atomic E-state index is 0.123. The number of non-ortho nitro benzene ring substituents is 1. The van der Waals surface area contributed by atoms with Gasteiger partial charge in [-0.2, -0.15) is 0 Å². The normalized spacial score (nSPS) is 14.4. The number of anilines is 1. The molecule has 1 aliphatic rings. The van der Waals surface area contributed by atoms with Gasteiger partial charge in [0.25, 0.3) is 11.6 Å². The third-order valence-electron chi connectivity index (χ3n) is 5.06. The van der Waals surface area contributed by atoms with Gasteiger partial charge in [-0.15, -0.1) is 0 Å². The first kappa shape index (κ1) is 26.0. The van der Waals surface area contributed by atoms with Crippen LogP contribution in [0.25, 0.3) is 6.08 Å². The molecule has 3 aromatic carbocycles. The number of nitro groups is 1. The molecule has 3 aromatic rings. The van der Waals surface area contributed by atoms with Gasteiger partial charge in [-0.3, -0.25) is 19.8 Å². The number of ether oxygens (including phenoxy) is 2. The second-order valence-electron chi connectivity index (χ2n) is 7.46. The van der Waals surface area contributed by atoms with Gasteiger partial charge in [-0.1, -0.05) is 65.4 Å². The molecule has 0 radical (unpaired) electrons. The molecular formula is C25H18Cl2N2O5S2. The Morgan fingerprint density at radius 3 is 2.61 bits per heavy atom. The summed E-state index contributed by atoms with van der Waals surface area (Å²) >= 11 is 18.7. The van der Waals surface area contributed by atoms with Crippen molar-refractivity contribution in [3.63, 3.8) is 0 Å². The Kier molecular flexibility index (Phi) is 8.15. The van der Waals surface area contributed by atoms with Gasteiger partial charge >= 0.3 is 0 Å². The van der Waals surface area contributed by atoms with Crippen molar-refractivity contribution in [3.8, 4) is 11.5 Å². The molecule has 184 valence electrons. The predicted molar refractivity (Wildman–Crippen MR) is 147 cm³/mol. The zero-order valence-electron chi connectivity index (χ0n) is 18.8. The summed E-state index contributed by atoms with van der Waals surface area (Å²) in [7, 11) is 0. The average Bonchev–Trinajstić information content (AvgIpc) is 3.12. The van der Waals surface area contributed by atoms with Crippen LogP contribution in [0.1, 0.15) is 18.1 Å². The maximum atomic E-state index is 13.1. The summed E-state index contributed by atoms with van der Waals surface area (Å²) in [6.45, 7) is 2.49. The molecule has 36 heavy (non-hydrogen) atoms. The Balaban J connectivity index is 1.56. The number of thioether (sulfide) groups is 1. The SMILES string of the molecule is CCOc1cc(/C=C2\SC(=S)N(c3cccc([N+](=O)[O-])c3)C2=O)ccc1OCc1ccc(Cl)cc1Cl. The number of thiocarbonyl (C=S) groups is 1. The molecule has 0 aromatic heterocycles. The largest absolute Gasteiger partial charge is 0.490 e. The van der Waals surface area contributed by atoms with Gasteiger partial charge in [0.2, 0.25) is 0 Å². The zero-order valence-corrected chi connectivity index (χ0v) is 21.9. The van der Waals surface area contributed by atoms with E-state index in [9.17, 15) is 14.9 Å². The van der Waals surface area contributed by atoms with Crippen molar-refractivity contribution in [1.29, 1.82) is 0 Å². The minimum Gasteiger partial charge on any atom is -0.490 e. The molecule has 0 unspecified atom stereocenters. The molecule has 0 aliphatic carbocycles. The van der Waals surface area contributed by atoms with Crippen LogP contribution in [0, 0.1) is 10.1 Å². The molecule has 1 aliphatic heterocycles. The number of halogens is 2. The minimum atomic E-state index is -0.517. The molecule has 0 bridgehead atoms. The number of nitrogens with zero attached hydrogens (tertiary/aromatic N) is 2. The van der Waals surface area contributed by atoms with Crippen molar-refractivity contribution in [1.82, 2.24) is 0 Å². The molecule has 0 saturated carbocycles. The molecule has 0 spiro atoms. The number of hydrogen-bond donors (Lipinski definition) is 0. The molecule has 0 N–H and O–H groups in total. The van der Waals surface area contributed by atoms with Crippen LogP contribution >= 0.6 is 47.2 Å². The summed E-state index contributed by atoms with van der Waals surface area (Å²) in [5.41, 5.74) is 1.70. The first-order chi connectivity index (χ1) is 17.3. The standard InChI is InChI=1S/C25H18Cl2N2O5S2/c1-2-33-22-10-15(6-9-21(22)34-14-16-7-8-17(26)12-20(16)27)11-23-24(30)28(25(35)36-23)18-4-3-5-19(13-18)29(31)32/h3-13H,2,14H2,1H3/b23-11-. The molecular weight excluding hydrogens is 543 g/mol. The summed E-state index contributed by atoms with van der Waals surface area (Å²) in [6, 6.07) is 16.3. The van der Waals surface area contributed by atoms with E-state index in [1.807, 2.05) is 6.92 Å². The van der Waals surface area contributed by atoms with Gasteiger partial charge in [0.05, 0.1) is 22.1 Å². The maximum Gasteiger partial charge on any atom is 0.271 e. The fraction of sp³-hybridized carbons (Fsp3) is 0.120. The Bertz CT molecular complexity index is 1400. The summed E-state index contributed by atoms with van der Waals surface area (Å²) in [6.07, 6.45) is 1.69.